The molecule has 0 spiro atoms. The van der Waals surface area contributed by atoms with Gasteiger partial charge in [-0.15, -0.1) is 0 Å². The lowest BCUT2D eigenvalue weighted by molar-refractivity contribution is -0.147. The van der Waals surface area contributed by atoms with E-state index in [0.29, 0.717) is 30.2 Å². The van der Waals surface area contributed by atoms with Gasteiger partial charge in [0.1, 0.15) is 5.75 Å². The molecule has 114 valence electrons. The summed E-state index contributed by atoms with van der Waals surface area (Å²) in [7, 11) is 0. The predicted octanol–water partition coefficient (Wildman–Crippen LogP) is 2.43. The highest BCUT2D eigenvalue weighted by Crippen LogP contribution is 2.21. The fourth-order valence-corrected chi connectivity index (χ4v) is 2.61. The lowest BCUT2D eigenvalue weighted by Gasteiger charge is -2.32. The molecule has 0 radical (unpaired) electrons. The first-order valence-corrected chi connectivity index (χ1v) is 7.29. The van der Waals surface area contributed by atoms with Crippen LogP contribution in [0.2, 0.25) is 5.02 Å². The van der Waals surface area contributed by atoms with Gasteiger partial charge in [-0.2, -0.15) is 0 Å². The Morgan fingerprint density at radius 2 is 2.24 bits per heavy atom. The van der Waals surface area contributed by atoms with Gasteiger partial charge in [-0.05, 0) is 38.0 Å². The van der Waals surface area contributed by atoms with Crippen molar-refractivity contribution in [2.24, 2.45) is 5.92 Å². The van der Waals surface area contributed by atoms with Crippen molar-refractivity contribution in [2.75, 3.05) is 13.1 Å². The van der Waals surface area contributed by atoms with E-state index in [4.69, 9.17) is 21.4 Å². The van der Waals surface area contributed by atoms with Crippen LogP contribution in [-0.2, 0) is 9.59 Å². The first kappa shape index (κ1) is 15.6. The molecule has 5 nitrogen and oxygen atoms in total. The molecule has 1 aliphatic rings. The molecule has 1 fully saturated rings. The minimum absolute atomic E-state index is 0.194. The van der Waals surface area contributed by atoms with Gasteiger partial charge in [0.05, 0.1) is 5.92 Å². The van der Waals surface area contributed by atoms with Gasteiger partial charge in [0.15, 0.2) is 6.10 Å². The molecule has 1 heterocycles. The van der Waals surface area contributed by atoms with Crippen molar-refractivity contribution in [1.29, 1.82) is 0 Å². The number of ether oxygens (including phenoxy) is 1. The van der Waals surface area contributed by atoms with Gasteiger partial charge in [0.25, 0.3) is 5.91 Å². The van der Waals surface area contributed by atoms with E-state index in [-0.39, 0.29) is 12.5 Å². The number of carboxylic acid groups (broad SMARTS) is 1. The molecule has 1 amide bonds. The van der Waals surface area contributed by atoms with E-state index in [0.717, 1.165) is 0 Å². The highest BCUT2D eigenvalue weighted by Gasteiger charge is 2.30. The Hall–Kier alpha value is -1.75. The smallest absolute Gasteiger partial charge is 0.308 e. The maximum absolute atomic E-state index is 12.3. The summed E-state index contributed by atoms with van der Waals surface area (Å²) in [5.74, 6) is -1.01. The van der Waals surface area contributed by atoms with Crippen LogP contribution in [0.1, 0.15) is 19.8 Å². The molecule has 1 aromatic carbocycles. The third-order valence-corrected chi connectivity index (χ3v) is 3.77. The van der Waals surface area contributed by atoms with E-state index in [1.807, 2.05) is 0 Å². The number of nitrogens with zero attached hydrogens (tertiary/aromatic N) is 1. The highest BCUT2D eigenvalue weighted by molar-refractivity contribution is 6.30. The second-order valence-electron chi connectivity index (χ2n) is 5.18. The molecule has 1 aliphatic heterocycles. The SMILES string of the molecule is C[C@@H](Oc1cccc(Cl)c1)C(=O)N1CCC[C@@H](C(=O)O)C1. The lowest BCUT2D eigenvalue weighted by Crippen LogP contribution is -2.47. The molecule has 6 heteroatoms. The van der Waals surface area contributed by atoms with E-state index >= 15 is 0 Å². The third kappa shape index (κ3) is 4.11. The minimum Gasteiger partial charge on any atom is -0.481 e. The normalized spacial score (nSPS) is 19.9. The number of likely N-dealkylation sites (tertiary alicyclic amines) is 1. The second-order valence-corrected chi connectivity index (χ2v) is 5.62. The molecule has 0 saturated carbocycles. The minimum atomic E-state index is -0.851. The Balaban J connectivity index is 1.97. The van der Waals surface area contributed by atoms with E-state index in [2.05, 4.69) is 0 Å². The number of carbonyl (C=O) groups excluding carboxylic acids is 1. The average molecular weight is 312 g/mol. The summed E-state index contributed by atoms with van der Waals surface area (Å²) in [5.41, 5.74) is 0. The Morgan fingerprint density at radius 3 is 2.90 bits per heavy atom. The summed E-state index contributed by atoms with van der Waals surface area (Å²) in [6.45, 7) is 2.48. The summed E-state index contributed by atoms with van der Waals surface area (Å²) in [6, 6.07) is 6.84. The summed E-state index contributed by atoms with van der Waals surface area (Å²) >= 11 is 5.87. The molecular formula is C15H18ClNO4. The second kappa shape index (κ2) is 6.80. The van der Waals surface area contributed by atoms with E-state index in [9.17, 15) is 9.59 Å². The Kier molecular flexibility index (Phi) is 5.07. The molecule has 2 atom stereocenters. The molecule has 0 unspecified atom stereocenters. The fraction of sp³-hybridized carbons (Fsp3) is 0.467. The Bertz CT molecular complexity index is 534. The summed E-state index contributed by atoms with van der Waals surface area (Å²) in [5, 5.41) is 9.60. The zero-order valence-electron chi connectivity index (χ0n) is 11.8. The van der Waals surface area contributed by atoms with Crippen LogP contribution in [-0.4, -0.2) is 41.1 Å². The van der Waals surface area contributed by atoms with Crippen LogP contribution in [0.4, 0.5) is 0 Å². The first-order chi connectivity index (χ1) is 9.97. The fourth-order valence-electron chi connectivity index (χ4n) is 2.43. The Morgan fingerprint density at radius 1 is 1.48 bits per heavy atom. The van der Waals surface area contributed by atoms with Crippen LogP contribution in [0.5, 0.6) is 5.75 Å². The van der Waals surface area contributed by atoms with Gasteiger partial charge in [0, 0.05) is 18.1 Å². The molecule has 0 bridgehead atoms. The van der Waals surface area contributed by atoms with Crippen LogP contribution >= 0.6 is 11.6 Å². The molecule has 1 aromatic rings. The summed E-state index contributed by atoms with van der Waals surface area (Å²) < 4.78 is 5.58. The zero-order chi connectivity index (χ0) is 15.4. The quantitative estimate of drug-likeness (QED) is 0.927. The number of aliphatic carboxylic acids is 1. The van der Waals surface area contributed by atoms with Crippen LogP contribution in [0.25, 0.3) is 0 Å². The first-order valence-electron chi connectivity index (χ1n) is 6.91. The van der Waals surface area contributed by atoms with E-state index in [1.165, 1.54) is 0 Å². The molecule has 1 saturated heterocycles. The number of rotatable bonds is 4. The number of hydrogen-bond donors (Lipinski definition) is 1. The molecule has 21 heavy (non-hydrogen) atoms. The van der Waals surface area contributed by atoms with Gasteiger partial charge >= 0.3 is 5.97 Å². The van der Waals surface area contributed by atoms with Crippen LogP contribution in [0.15, 0.2) is 24.3 Å². The lowest BCUT2D eigenvalue weighted by atomic mass is 9.98. The summed E-state index contributed by atoms with van der Waals surface area (Å²) in [4.78, 5) is 24.9. The number of halogens is 1. The molecule has 0 aromatic heterocycles. The van der Waals surface area contributed by atoms with E-state index in [1.54, 1.807) is 36.1 Å². The standard InChI is InChI=1S/C15H18ClNO4/c1-10(21-13-6-2-5-12(16)8-13)14(18)17-7-3-4-11(9-17)15(19)20/h2,5-6,8,10-11H,3-4,7,9H2,1H3,(H,19,20)/t10-,11-/m1/s1. The maximum Gasteiger partial charge on any atom is 0.308 e. The topological polar surface area (TPSA) is 66.8 Å². The monoisotopic (exact) mass is 311 g/mol. The number of benzene rings is 1. The van der Waals surface area contributed by atoms with Crippen molar-refractivity contribution in [2.45, 2.75) is 25.9 Å². The molecule has 2 rings (SSSR count). The van der Waals surface area contributed by atoms with Gasteiger partial charge in [-0.25, -0.2) is 0 Å². The van der Waals surface area contributed by atoms with Crippen molar-refractivity contribution < 1.29 is 19.4 Å². The molecule has 1 N–H and O–H groups in total. The number of piperidine rings is 1. The molecular weight excluding hydrogens is 294 g/mol. The number of amides is 1. The maximum atomic E-state index is 12.3. The van der Waals surface area contributed by atoms with Crippen molar-refractivity contribution >= 4 is 23.5 Å². The van der Waals surface area contributed by atoms with Gasteiger partial charge in [0.2, 0.25) is 0 Å². The Labute approximate surface area is 128 Å². The average Bonchev–Trinajstić information content (AvgIpc) is 2.46. The van der Waals surface area contributed by atoms with Crippen LogP contribution < -0.4 is 4.74 Å². The summed E-state index contributed by atoms with van der Waals surface area (Å²) in [6.07, 6.45) is 0.644. The van der Waals surface area contributed by atoms with Gasteiger partial charge in [-0.3, -0.25) is 9.59 Å². The highest BCUT2D eigenvalue weighted by atomic mass is 35.5. The number of hydrogen-bond acceptors (Lipinski definition) is 3. The largest absolute Gasteiger partial charge is 0.481 e. The predicted molar refractivity (Wildman–Crippen MR) is 78.5 cm³/mol. The van der Waals surface area contributed by atoms with Crippen molar-refractivity contribution in [1.82, 2.24) is 4.90 Å². The molecule has 0 aliphatic carbocycles. The third-order valence-electron chi connectivity index (χ3n) is 3.54. The van der Waals surface area contributed by atoms with E-state index < -0.39 is 18.0 Å². The zero-order valence-corrected chi connectivity index (χ0v) is 12.5. The van der Waals surface area contributed by atoms with Crippen molar-refractivity contribution in [3.63, 3.8) is 0 Å². The van der Waals surface area contributed by atoms with Crippen LogP contribution in [0.3, 0.4) is 0 Å². The van der Waals surface area contributed by atoms with Crippen molar-refractivity contribution in [3.05, 3.63) is 29.3 Å². The van der Waals surface area contributed by atoms with Crippen LogP contribution in [0, 0.1) is 5.92 Å². The van der Waals surface area contributed by atoms with Gasteiger partial charge < -0.3 is 14.7 Å². The number of carboxylic acids is 1. The van der Waals surface area contributed by atoms with Crippen molar-refractivity contribution in [3.8, 4) is 5.75 Å². The van der Waals surface area contributed by atoms with Gasteiger partial charge in [-0.1, -0.05) is 17.7 Å². The number of carbonyl (C=O) groups is 2.